The van der Waals surface area contributed by atoms with Crippen LogP contribution in [-0.4, -0.2) is 11.0 Å². The third-order valence-electron chi connectivity index (χ3n) is 2.98. The van der Waals surface area contributed by atoms with Crippen LogP contribution in [0.2, 0.25) is 10.0 Å². The first-order chi connectivity index (χ1) is 10.0. The molecule has 21 heavy (non-hydrogen) atoms. The number of carbonyl (C=O) groups is 1. The van der Waals surface area contributed by atoms with Gasteiger partial charge < -0.3 is 10.4 Å². The molecule has 3 nitrogen and oxygen atoms in total. The lowest BCUT2D eigenvalue weighted by molar-refractivity contribution is 0.0950. The lowest BCUT2D eigenvalue weighted by Gasteiger charge is -2.10. The number of aliphatic hydroxyl groups is 1. The van der Waals surface area contributed by atoms with Crippen molar-refractivity contribution in [2.45, 2.75) is 13.2 Å². The summed E-state index contributed by atoms with van der Waals surface area (Å²) in [6.07, 6.45) is 0. The maximum atomic E-state index is 13.4. The smallest absolute Gasteiger partial charge is 0.253 e. The van der Waals surface area contributed by atoms with Gasteiger partial charge in [-0.1, -0.05) is 47.5 Å². The summed E-state index contributed by atoms with van der Waals surface area (Å²) in [5, 5.41) is 11.8. The summed E-state index contributed by atoms with van der Waals surface area (Å²) in [6.45, 7) is 0.0819. The molecule has 0 spiro atoms. The number of hydrogen-bond acceptors (Lipinski definition) is 2. The Bertz CT molecular complexity index is 677. The number of carbonyl (C=O) groups excluding carboxylic acids is 1. The van der Waals surface area contributed by atoms with Crippen molar-refractivity contribution >= 4 is 29.1 Å². The molecule has 0 fully saturated rings. The molecule has 0 bridgehead atoms. The molecule has 0 aliphatic rings. The number of nitrogens with one attached hydrogen (secondary N) is 1. The molecule has 2 N–H and O–H groups in total. The molecule has 6 heteroatoms. The fraction of sp³-hybridized carbons (Fsp3) is 0.133. The first-order valence-electron chi connectivity index (χ1n) is 6.13. The summed E-state index contributed by atoms with van der Waals surface area (Å²) < 4.78 is 13.4. The van der Waals surface area contributed by atoms with Crippen LogP contribution in [0.4, 0.5) is 4.39 Å². The van der Waals surface area contributed by atoms with Gasteiger partial charge in [-0.05, 0) is 23.3 Å². The first kappa shape index (κ1) is 15.8. The average molecular weight is 328 g/mol. The Balaban J connectivity index is 2.14. The molecular weight excluding hydrogens is 316 g/mol. The highest BCUT2D eigenvalue weighted by Gasteiger charge is 2.14. The minimum absolute atomic E-state index is 0.0139. The Kier molecular flexibility index (Phi) is 5.17. The quantitative estimate of drug-likeness (QED) is 0.843. The van der Waals surface area contributed by atoms with E-state index in [9.17, 15) is 14.3 Å². The standard InChI is InChI=1S/C15H12Cl2FNO2/c16-12-6-13(17)14(18)5-11(12)15(21)19-7-9-3-1-2-4-10(9)8-20/h1-6,20H,7-8H2,(H,19,21). The van der Waals surface area contributed by atoms with Crippen LogP contribution in [0.1, 0.15) is 21.5 Å². The minimum atomic E-state index is -0.707. The molecule has 0 atom stereocenters. The molecule has 0 radical (unpaired) electrons. The highest BCUT2D eigenvalue weighted by molar-refractivity contribution is 6.36. The molecule has 0 aromatic heterocycles. The number of rotatable bonds is 4. The SMILES string of the molecule is O=C(NCc1ccccc1CO)c1cc(F)c(Cl)cc1Cl. The lowest BCUT2D eigenvalue weighted by atomic mass is 10.1. The Morgan fingerprint density at radius 3 is 2.48 bits per heavy atom. The van der Waals surface area contributed by atoms with Crippen LogP contribution in [-0.2, 0) is 13.2 Å². The van der Waals surface area contributed by atoms with Gasteiger partial charge in [0.25, 0.3) is 5.91 Å². The fourth-order valence-corrected chi connectivity index (χ4v) is 2.32. The molecule has 110 valence electrons. The molecule has 0 saturated carbocycles. The number of halogens is 3. The van der Waals surface area contributed by atoms with Gasteiger partial charge in [-0.25, -0.2) is 4.39 Å². The molecular formula is C15H12Cl2FNO2. The molecule has 2 aromatic rings. The van der Waals surface area contributed by atoms with Gasteiger partial charge in [0.1, 0.15) is 5.82 Å². The molecule has 0 aliphatic carbocycles. The van der Waals surface area contributed by atoms with Gasteiger partial charge in [-0.15, -0.1) is 0 Å². The summed E-state index contributed by atoms with van der Waals surface area (Å²) in [5.41, 5.74) is 1.50. The Morgan fingerprint density at radius 1 is 1.14 bits per heavy atom. The molecule has 0 unspecified atom stereocenters. The summed E-state index contributed by atoms with van der Waals surface area (Å²) in [5.74, 6) is -1.22. The summed E-state index contributed by atoms with van der Waals surface area (Å²) in [7, 11) is 0. The summed E-state index contributed by atoms with van der Waals surface area (Å²) in [4.78, 5) is 12.0. The third-order valence-corrected chi connectivity index (χ3v) is 3.59. The zero-order valence-corrected chi connectivity index (χ0v) is 12.4. The first-order valence-corrected chi connectivity index (χ1v) is 6.89. The topological polar surface area (TPSA) is 49.3 Å². The predicted molar refractivity (Wildman–Crippen MR) is 80.0 cm³/mol. The maximum Gasteiger partial charge on any atom is 0.253 e. The van der Waals surface area contributed by atoms with Crippen molar-refractivity contribution < 1.29 is 14.3 Å². The Morgan fingerprint density at radius 2 is 1.81 bits per heavy atom. The second kappa shape index (κ2) is 6.89. The minimum Gasteiger partial charge on any atom is -0.392 e. The van der Waals surface area contributed by atoms with E-state index in [0.717, 1.165) is 11.6 Å². The lowest BCUT2D eigenvalue weighted by Crippen LogP contribution is -2.24. The van der Waals surface area contributed by atoms with Crippen LogP contribution in [0.15, 0.2) is 36.4 Å². The van der Waals surface area contributed by atoms with Crippen molar-refractivity contribution in [2.75, 3.05) is 0 Å². The van der Waals surface area contributed by atoms with Crippen molar-refractivity contribution in [2.24, 2.45) is 0 Å². The van der Waals surface area contributed by atoms with Gasteiger partial charge in [0.15, 0.2) is 0 Å². The molecule has 0 heterocycles. The molecule has 1 amide bonds. The van der Waals surface area contributed by atoms with Crippen LogP contribution in [0.25, 0.3) is 0 Å². The van der Waals surface area contributed by atoms with E-state index >= 15 is 0 Å². The number of hydrogen-bond donors (Lipinski definition) is 2. The highest BCUT2D eigenvalue weighted by atomic mass is 35.5. The van der Waals surface area contributed by atoms with Gasteiger partial charge >= 0.3 is 0 Å². The third kappa shape index (κ3) is 3.73. The number of aliphatic hydroxyl groups excluding tert-OH is 1. The van der Waals surface area contributed by atoms with Gasteiger partial charge in [-0.3, -0.25) is 4.79 Å². The number of benzene rings is 2. The molecule has 2 aromatic carbocycles. The average Bonchev–Trinajstić information content (AvgIpc) is 2.48. The highest BCUT2D eigenvalue weighted by Crippen LogP contribution is 2.24. The van der Waals surface area contributed by atoms with Crippen LogP contribution < -0.4 is 5.32 Å². The zero-order chi connectivity index (χ0) is 15.4. The molecule has 0 aliphatic heterocycles. The van der Waals surface area contributed by atoms with Gasteiger partial charge in [0.2, 0.25) is 0 Å². The van der Waals surface area contributed by atoms with Crippen molar-refractivity contribution in [1.29, 1.82) is 0 Å². The summed E-state index contributed by atoms with van der Waals surface area (Å²) in [6, 6.07) is 9.33. The fourth-order valence-electron chi connectivity index (χ4n) is 1.85. The largest absolute Gasteiger partial charge is 0.392 e. The normalized spacial score (nSPS) is 10.5. The van der Waals surface area contributed by atoms with Gasteiger partial charge in [0.05, 0.1) is 22.2 Å². The predicted octanol–water partition coefficient (Wildman–Crippen LogP) is 3.55. The van der Waals surface area contributed by atoms with Crippen LogP contribution in [0, 0.1) is 5.82 Å². The zero-order valence-electron chi connectivity index (χ0n) is 10.9. The van der Waals surface area contributed by atoms with Crippen LogP contribution >= 0.6 is 23.2 Å². The van der Waals surface area contributed by atoms with E-state index in [0.29, 0.717) is 5.56 Å². The molecule has 2 rings (SSSR count). The van der Waals surface area contributed by atoms with Crippen molar-refractivity contribution in [3.8, 4) is 0 Å². The van der Waals surface area contributed by atoms with Crippen molar-refractivity contribution in [3.63, 3.8) is 0 Å². The maximum absolute atomic E-state index is 13.4. The second-order valence-electron chi connectivity index (χ2n) is 4.36. The van der Waals surface area contributed by atoms with Crippen molar-refractivity contribution in [3.05, 3.63) is 69.0 Å². The van der Waals surface area contributed by atoms with E-state index in [2.05, 4.69) is 5.32 Å². The second-order valence-corrected chi connectivity index (χ2v) is 5.17. The monoisotopic (exact) mass is 327 g/mol. The molecule has 0 saturated heterocycles. The Labute approximate surface area is 131 Å². The van der Waals surface area contributed by atoms with E-state index in [4.69, 9.17) is 23.2 Å². The van der Waals surface area contributed by atoms with Crippen molar-refractivity contribution in [1.82, 2.24) is 5.32 Å². The summed E-state index contributed by atoms with van der Waals surface area (Å²) >= 11 is 11.5. The van der Waals surface area contributed by atoms with E-state index in [1.165, 1.54) is 6.07 Å². The van der Waals surface area contributed by atoms with Gasteiger partial charge in [-0.2, -0.15) is 0 Å². The van der Waals surface area contributed by atoms with E-state index < -0.39 is 11.7 Å². The van der Waals surface area contributed by atoms with Crippen LogP contribution in [0.5, 0.6) is 0 Å². The number of amides is 1. The van der Waals surface area contributed by atoms with Crippen LogP contribution in [0.3, 0.4) is 0 Å². The van der Waals surface area contributed by atoms with Gasteiger partial charge in [0, 0.05) is 6.54 Å². The van der Waals surface area contributed by atoms with E-state index in [1.54, 1.807) is 24.3 Å². The van der Waals surface area contributed by atoms with E-state index in [1.807, 2.05) is 0 Å². The Hall–Kier alpha value is -1.62. The van der Waals surface area contributed by atoms with E-state index in [-0.39, 0.29) is 28.8 Å².